The van der Waals surface area contributed by atoms with Gasteiger partial charge in [-0.3, -0.25) is 4.79 Å². The van der Waals surface area contributed by atoms with Crippen LogP contribution in [0, 0.1) is 5.92 Å². The molecule has 6 nitrogen and oxygen atoms in total. The summed E-state index contributed by atoms with van der Waals surface area (Å²) in [4.78, 5) is 20.2. The lowest BCUT2D eigenvalue weighted by molar-refractivity contribution is -0.104. The number of hydrogen-bond donors (Lipinski definition) is 2. The molecule has 0 bridgehead atoms. The van der Waals surface area contributed by atoms with Crippen molar-refractivity contribution >= 4 is 41.0 Å². The third-order valence-corrected chi connectivity index (χ3v) is 7.91. The Morgan fingerprint density at radius 1 is 1.27 bits per heavy atom. The lowest BCUT2D eigenvalue weighted by Crippen LogP contribution is -2.52. The number of piperidine rings is 1. The average molecular weight is 495 g/mol. The van der Waals surface area contributed by atoms with E-state index in [4.69, 9.17) is 28.2 Å². The number of allylic oxidation sites excluding steroid dienone is 1. The molecule has 3 rings (SSSR count). The Morgan fingerprint density at radius 3 is 2.58 bits per heavy atom. The molecule has 0 spiro atoms. The SMILES string of the molecule is CC(=N/C(=C\C=O)N1CCC(C)(NCC2CCC(O)CC2)CC1)N(C)c1cccc(Cl)c1Cl. The van der Waals surface area contributed by atoms with Gasteiger partial charge in [0.15, 0.2) is 0 Å². The minimum absolute atomic E-state index is 0.0721. The van der Waals surface area contributed by atoms with Gasteiger partial charge in [-0.2, -0.15) is 0 Å². The Hall–Kier alpha value is -1.60. The smallest absolute Gasteiger partial charge is 0.146 e. The van der Waals surface area contributed by atoms with Crippen molar-refractivity contribution in [3.63, 3.8) is 0 Å². The van der Waals surface area contributed by atoms with E-state index >= 15 is 0 Å². The molecule has 1 heterocycles. The number of aliphatic imine (C=N–C) groups is 1. The average Bonchev–Trinajstić information content (AvgIpc) is 2.80. The van der Waals surface area contributed by atoms with E-state index in [-0.39, 0.29) is 11.6 Å². The van der Waals surface area contributed by atoms with Gasteiger partial charge in [0.1, 0.15) is 17.9 Å². The second-order valence-electron chi connectivity index (χ2n) is 9.56. The van der Waals surface area contributed by atoms with Crippen molar-refractivity contribution in [3.8, 4) is 0 Å². The molecule has 182 valence electrons. The van der Waals surface area contributed by atoms with E-state index in [0.29, 0.717) is 21.8 Å². The molecule has 8 heteroatoms. The number of carbonyl (C=O) groups excluding carboxylic acids is 1. The maximum atomic E-state index is 11.4. The summed E-state index contributed by atoms with van der Waals surface area (Å²) in [7, 11) is 1.89. The number of aliphatic hydroxyl groups is 1. The van der Waals surface area contributed by atoms with Crippen molar-refractivity contribution in [2.45, 2.75) is 64.0 Å². The summed E-state index contributed by atoms with van der Waals surface area (Å²) < 4.78 is 0. The van der Waals surface area contributed by atoms with Crippen LogP contribution in [0.5, 0.6) is 0 Å². The molecule has 2 aliphatic rings. The van der Waals surface area contributed by atoms with Crippen LogP contribution in [-0.2, 0) is 4.79 Å². The summed E-state index contributed by atoms with van der Waals surface area (Å²) in [5.74, 6) is 2.03. The molecule has 1 saturated heterocycles. The summed E-state index contributed by atoms with van der Waals surface area (Å²) in [6.45, 7) is 6.83. The van der Waals surface area contributed by atoms with Crippen molar-refractivity contribution in [2.24, 2.45) is 10.9 Å². The first-order valence-electron chi connectivity index (χ1n) is 11.8. The molecule has 1 saturated carbocycles. The van der Waals surface area contributed by atoms with Crippen LogP contribution < -0.4 is 10.2 Å². The van der Waals surface area contributed by atoms with Gasteiger partial charge in [-0.1, -0.05) is 29.3 Å². The molecule has 2 fully saturated rings. The molecular weight excluding hydrogens is 459 g/mol. The first kappa shape index (κ1) is 26.0. The monoisotopic (exact) mass is 494 g/mol. The quantitative estimate of drug-likeness (QED) is 0.244. The Balaban J connectivity index is 1.61. The highest BCUT2D eigenvalue weighted by molar-refractivity contribution is 6.44. The van der Waals surface area contributed by atoms with Gasteiger partial charge in [-0.15, -0.1) is 0 Å². The molecule has 0 radical (unpaired) electrons. The topological polar surface area (TPSA) is 68.2 Å². The fraction of sp³-hybridized carbons (Fsp3) is 0.600. The normalized spacial score (nSPS) is 24.0. The molecule has 1 aliphatic carbocycles. The van der Waals surface area contributed by atoms with Crippen molar-refractivity contribution < 1.29 is 9.90 Å². The molecule has 1 aliphatic heterocycles. The maximum Gasteiger partial charge on any atom is 0.146 e. The molecular formula is C25H36Cl2N4O2. The summed E-state index contributed by atoms with van der Waals surface area (Å²) in [6.07, 6.45) is 8.20. The van der Waals surface area contributed by atoms with Crippen LogP contribution in [0.1, 0.15) is 52.4 Å². The fourth-order valence-electron chi connectivity index (χ4n) is 4.59. The van der Waals surface area contributed by atoms with E-state index in [1.807, 2.05) is 31.0 Å². The highest BCUT2D eigenvalue weighted by Gasteiger charge is 2.31. The van der Waals surface area contributed by atoms with Crippen LogP contribution in [-0.4, -0.2) is 60.5 Å². The number of rotatable bonds is 7. The first-order chi connectivity index (χ1) is 15.7. The fourth-order valence-corrected chi connectivity index (χ4v) is 5.01. The van der Waals surface area contributed by atoms with Gasteiger partial charge in [-0.25, -0.2) is 4.99 Å². The Bertz CT molecular complexity index is 873. The Kier molecular flexibility index (Phi) is 9.22. The van der Waals surface area contributed by atoms with E-state index in [2.05, 4.69) is 17.1 Å². The van der Waals surface area contributed by atoms with E-state index in [1.54, 1.807) is 6.07 Å². The molecule has 0 atom stereocenters. The maximum absolute atomic E-state index is 11.4. The van der Waals surface area contributed by atoms with Gasteiger partial charge in [0.25, 0.3) is 0 Å². The summed E-state index contributed by atoms with van der Waals surface area (Å²) in [5.41, 5.74) is 0.837. The number of benzene rings is 1. The summed E-state index contributed by atoms with van der Waals surface area (Å²) >= 11 is 12.5. The molecule has 2 N–H and O–H groups in total. The minimum atomic E-state index is -0.110. The van der Waals surface area contributed by atoms with Gasteiger partial charge in [0.05, 0.1) is 21.8 Å². The predicted octanol–water partition coefficient (Wildman–Crippen LogP) is 4.88. The summed E-state index contributed by atoms with van der Waals surface area (Å²) in [6, 6.07) is 5.49. The molecule has 1 aromatic carbocycles. The second-order valence-corrected chi connectivity index (χ2v) is 10.3. The largest absolute Gasteiger partial charge is 0.393 e. The predicted molar refractivity (Wildman–Crippen MR) is 137 cm³/mol. The van der Waals surface area contributed by atoms with Crippen LogP contribution >= 0.6 is 23.2 Å². The van der Waals surface area contributed by atoms with Gasteiger partial charge in [0, 0.05) is 31.8 Å². The number of hydrogen-bond acceptors (Lipinski definition) is 5. The van der Waals surface area contributed by atoms with Crippen LogP contribution in [0.15, 0.2) is 35.1 Å². The molecule has 0 amide bonds. The molecule has 33 heavy (non-hydrogen) atoms. The lowest BCUT2D eigenvalue weighted by Gasteiger charge is -2.42. The van der Waals surface area contributed by atoms with Crippen molar-refractivity contribution in [2.75, 3.05) is 31.6 Å². The zero-order valence-electron chi connectivity index (χ0n) is 19.9. The van der Waals surface area contributed by atoms with Gasteiger partial charge in [-0.05, 0) is 77.0 Å². The standard InChI is InChI=1S/C25H36Cl2N4O2/c1-18(30(3)22-6-4-5-21(26)24(22)27)29-23(11-16-32)31-14-12-25(2,13-15-31)28-17-19-7-9-20(33)10-8-19/h4-6,11,16,19-20,28,33H,7-10,12-15,17H2,1-3H3/b23-11+,29-18?. The number of nitrogens with one attached hydrogen (secondary N) is 1. The minimum Gasteiger partial charge on any atom is -0.393 e. The van der Waals surface area contributed by atoms with Crippen molar-refractivity contribution in [1.82, 2.24) is 10.2 Å². The number of halogens is 2. The number of aliphatic hydroxyl groups excluding tert-OH is 1. The van der Waals surface area contributed by atoms with Gasteiger partial charge in [0.2, 0.25) is 0 Å². The van der Waals surface area contributed by atoms with Gasteiger partial charge >= 0.3 is 0 Å². The third-order valence-electron chi connectivity index (χ3n) is 7.10. The lowest BCUT2D eigenvalue weighted by atomic mass is 9.85. The number of carbonyl (C=O) groups is 1. The molecule has 0 unspecified atom stereocenters. The molecule has 0 aromatic heterocycles. The summed E-state index contributed by atoms with van der Waals surface area (Å²) in [5, 5.41) is 14.5. The first-order valence-corrected chi connectivity index (χ1v) is 12.5. The van der Waals surface area contributed by atoms with Gasteiger partial charge < -0.3 is 20.2 Å². The van der Waals surface area contributed by atoms with E-state index < -0.39 is 0 Å². The van der Waals surface area contributed by atoms with E-state index in [1.165, 1.54) is 6.08 Å². The number of likely N-dealkylation sites (tertiary alicyclic amines) is 1. The zero-order valence-corrected chi connectivity index (χ0v) is 21.4. The number of amidine groups is 1. The van der Waals surface area contributed by atoms with Crippen LogP contribution in [0.25, 0.3) is 0 Å². The number of nitrogens with zero attached hydrogens (tertiary/aromatic N) is 3. The number of aldehydes is 1. The Morgan fingerprint density at radius 2 is 1.94 bits per heavy atom. The highest BCUT2D eigenvalue weighted by atomic mass is 35.5. The van der Waals surface area contributed by atoms with Crippen molar-refractivity contribution in [3.05, 3.63) is 40.1 Å². The van der Waals surface area contributed by atoms with Crippen LogP contribution in [0.3, 0.4) is 0 Å². The highest BCUT2D eigenvalue weighted by Crippen LogP contribution is 2.32. The Labute approximate surface area is 207 Å². The van der Waals surface area contributed by atoms with E-state index in [9.17, 15) is 9.90 Å². The third kappa shape index (κ3) is 6.95. The zero-order chi connectivity index (χ0) is 24.0. The van der Waals surface area contributed by atoms with Crippen LogP contribution in [0.2, 0.25) is 10.0 Å². The van der Waals surface area contributed by atoms with Crippen LogP contribution in [0.4, 0.5) is 5.69 Å². The second kappa shape index (κ2) is 11.7. The number of anilines is 1. The molecule has 1 aromatic rings. The van der Waals surface area contributed by atoms with Crippen molar-refractivity contribution in [1.29, 1.82) is 0 Å². The van der Waals surface area contributed by atoms with E-state index in [0.717, 1.165) is 76.0 Å².